The maximum absolute atomic E-state index is 13.3. The number of carbonyl (C=O) groups excluding carboxylic acids is 3. The number of carboxylic acids is 1. The summed E-state index contributed by atoms with van der Waals surface area (Å²) in [5, 5.41) is 12.4. The number of anilines is 1. The molecule has 192 valence electrons. The van der Waals surface area contributed by atoms with Crippen LogP contribution in [0.5, 0.6) is 5.75 Å². The lowest BCUT2D eigenvalue weighted by molar-refractivity contribution is -0.157. The fourth-order valence-electron chi connectivity index (χ4n) is 3.39. The molecule has 0 unspecified atom stereocenters. The summed E-state index contributed by atoms with van der Waals surface area (Å²) in [6, 6.07) is 17.4. The van der Waals surface area contributed by atoms with Gasteiger partial charge in [-0.25, -0.2) is 14.4 Å². The third-order valence-electron chi connectivity index (χ3n) is 5.17. The van der Waals surface area contributed by atoms with Gasteiger partial charge in [-0.05, 0) is 56.3 Å². The number of aliphatic carboxylic acids is 1. The second-order valence-electron chi connectivity index (χ2n) is 8.06. The van der Waals surface area contributed by atoms with Crippen LogP contribution in [0.4, 0.5) is 5.69 Å². The number of esters is 2. The normalized spacial score (nSPS) is 12.1. The van der Waals surface area contributed by atoms with Gasteiger partial charge < -0.3 is 24.6 Å². The summed E-state index contributed by atoms with van der Waals surface area (Å²) in [6.07, 6.45) is -4.19. The minimum atomic E-state index is -2.15. The molecule has 9 nitrogen and oxygen atoms in total. The van der Waals surface area contributed by atoms with E-state index in [4.69, 9.17) is 14.2 Å². The van der Waals surface area contributed by atoms with E-state index in [1.165, 1.54) is 37.4 Å². The Bertz CT molecular complexity index is 1340. The van der Waals surface area contributed by atoms with Gasteiger partial charge >= 0.3 is 17.9 Å². The number of amides is 1. The number of methoxy groups -OCH3 is 1. The van der Waals surface area contributed by atoms with Crippen molar-refractivity contribution in [2.45, 2.75) is 26.1 Å². The Kier molecular flexibility index (Phi) is 9.02. The van der Waals surface area contributed by atoms with Crippen molar-refractivity contribution in [3.63, 3.8) is 0 Å². The first-order valence-corrected chi connectivity index (χ1v) is 11.8. The van der Waals surface area contributed by atoms with Gasteiger partial charge in [-0.2, -0.15) is 0 Å². The van der Waals surface area contributed by atoms with Crippen LogP contribution in [-0.4, -0.2) is 48.2 Å². The number of ether oxygens (including phenoxy) is 3. The molecule has 3 aromatic rings. The van der Waals surface area contributed by atoms with Crippen molar-refractivity contribution in [2.24, 2.45) is 0 Å². The molecule has 2 N–H and O–H groups in total. The second kappa shape index (κ2) is 12.2. The van der Waals surface area contributed by atoms with Crippen LogP contribution < -0.4 is 10.1 Å². The summed E-state index contributed by atoms with van der Waals surface area (Å²) in [6.45, 7) is 3.50. The molecule has 0 saturated heterocycles. The number of carbonyl (C=O) groups is 4. The van der Waals surface area contributed by atoms with E-state index in [-0.39, 0.29) is 22.6 Å². The summed E-state index contributed by atoms with van der Waals surface area (Å²) in [7, 11) is 1.39. The first kappa shape index (κ1) is 27.4. The van der Waals surface area contributed by atoms with E-state index in [0.29, 0.717) is 4.47 Å². The van der Waals surface area contributed by atoms with Crippen molar-refractivity contribution in [2.75, 3.05) is 12.4 Å². The smallest absolute Gasteiger partial charge is 0.349 e. The van der Waals surface area contributed by atoms with Crippen molar-refractivity contribution in [3.8, 4) is 5.75 Å². The number of nitrogens with one attached hydrogen (secondary N) is 1. The number of hydrogen-bond donors (Lipinski definition) is 2. The van der Waals surface area contributed by atoms with E-state index >= 15 is 0 Å². The summed E-state index contributed by atoms with van der Waals surface area (Å²) in [5.74, 6) is -4.42. The molecule has 0 aliphatic rings. The number of halogens is 1. The number of hydrogen-bond acceptors (Lipinski definition) is 7. The third kappa shape index (κ3) is 7.17. The summed E-state index contributed by atoms with van der Waals surface area (Å²) >= 11 is 3.29. The van der Waals surface area contributed by atoms with Crippen LogP contribution in [0.2, 0.25) is 0 Å². The van der Waals surface area contributed by atoms with Crippen molar-refractivity contribution in [1.29, 1.82) is 0 Å². The van der Waals surface area contributed by atoms with Crippen LogP contribution in [-0.2, 0) is 19.1 Å². The maximum atomic E-state index is 13.3. The van der Waals surface area contributed by atoms with Crippen LogP contribution in [0.1, 0.15) is 31.8 Å². The highest BCUT2D eigenvalue weighted by Crippen LogP contribution is 2.28. The largest absolute Gasteiger partial charge is 0.495 e. The Balaban J connectivity index is 1.97. The molecule has 0 radical (unpaired) electrons. The standard InChI is InChI=1S/C27H24BrNO8/c1-15-6-4-8-17(12-15)26(33)36-22(24(30)29-20-14-19(28)10-11-21(20)35-3)23(25(31)32)37-27(34)18-9-5-7-16(2)13-18/h4-14,22-23H,1-3H3,(H,29,30)(H,31,32)/t22-,23+/m0/s1. The third-order valence-corrected chi connectivity index (χ3v) is 5.66. The zero-order chi connectivity index (χ0) is 27.1. The van der Waals surface area contributed by atoms with E-state index < -0.39 is 36.0 Å². The summed E-state index contributed by atoms with van der Waals surface area (Å²) in [5.41, 5.74) is 1.82. The van der Waals surface area contributed by atoms with E-state index in [2.05, 4.69) is 21.2 Å². The fraction of sp³-hybridized carbons (Fsp3) is 0.185. The van der Waals surface area contributed by atoms with Crippen LogP contribution in [0.15, 0.2) is 71.2 Å². The highest BCUT2D eigenvalue weighted by molar-refractivity contribution is 9.10. The quantitative estimate of drug-likeness (QED) is 0.359. The molecule has 10 heteroatoms. The van der Waals surface area contributed by atoms with Gasteiger partial charge in [0.15, 0.2) is 0 Å². The Hall–Kier alpha value is -4.18. The molecule has 0 heterocycles. The lowest BCUT2D eigenvalue weighted by Crippen LogP contribution is -2.48. The van der Waals surface area contributed by atoms with Gasteiger partial charge in [0.1, 0.15) is 5.75 Å². The van der Waals surface area contributed by atoms with E-state index in [9.17, 15) is 24.3 Å². The molecule has 2 atom stereocenters. The lowest BCUT2D eigenvalue weighted by atomic mass is 10.1. The Morgan fingerprint density at radius 3 is 1.84 bits per heavy atom. The topological polar surface area (TPSA) is 128 Å². The van der Waals surface area contributed by atoms with Crippen molar-refractivity contribution < 1.29 is 38.5 Å². The van der Waals surface area contributed by atoms with Gasteiger partial charge in [-0.15, -0.1) is 0 Å². The Morgan fingerprint density at radius 1 is 0.811 bits per heavy atom. The van der Waals surface area contributed by atoms with Gasteiger partial charge in [-0.3, -0.25) is 4.79 Å². The SMILES string of the molecule is COc1ccc(Br)cc1NC(=O)[C@@H](OC(=O)c1cccc(C)c1)[C@@H](OC(=O)c1cccc(C)c1)C(=O)O. The van der Waals surface area contributed by atoms with Crippen LogP contribution in [0.3, 0.4) is 0 Å². The summed E-state index contributed by atoms with van der Waals surface area (Å²) < 4.78 is 16.4. The minimum Gasteiger partial charge on any atom is -0.495 e. The lowest BCUT2D eigenvalue weighted by Gasteiger charge is -2.24. The summed E-state index contributed by atoms with van der Waals surface area (Å²) in [4.78, 5) is 51.2. The van der Waals surface area contributed by atoms with Gasteiger partial charge in [0.25, 0.3) is 5.91 Å². The highest BCUT2D eigenvalue weighted by atomic mass is 79.9. The predicted octanol–water partition coefficient (Wildman–Crippen LogP) is 4.55. The molecular weight excluding hydrogens is 546 g/mol. The van der Waals surface area contributed by atoms with E-state index in [1.54, 1.807) is 50.2 Å². The van der Waals surface area contributed by atoms with Crippen LogP contribution >= 0.6 is 15.9 Å². The van der Waals surface area contributed by atoms with Crippen LogP contribution in [0.25, 0.3) is 0 Å². The molecule has 37 heavy (non-hydrogen) atoms. The predicted molar refractivity (Wildman–Crippen MR) is 138 cm³/mol. The number of aryl methyl sites for hydroxylation is 2. The zero-order valence-corrected chi connectivity index (χ0v) is 21.8. The van der Waals surface area contributed by atoms with Gasteiger partial charge in [0.05, 0.1) is 23.9 Å². The molecule has 1 amide bonds. The van der Waals surface area contributed by atoms with Gasteiger partial charge in [0, 0.05) is 4.47 Å². The molecule has 0 aliphatic heterocycles. The average molecular weight is 570 g/mol. The van der Waals surface area contributed by atoms with Crippen molar-refractivity contribution in [1.82, 2.24) is 0 Å². The Labute approximate surface area is 221 Å². The second-order valence-corrected chi connectivity index (χ2v) is 8.98. The minimum absolute atomic E-state index is 0.0732. The monoisotopic (exact) mass is 569 g/mol. The number of carboxylic acid groups (broad SMARTS) is 1. The molecule has 0 fully saturated rings. The van der Waals surface area contributed by atoms with Crippen molar-refractivity contribution in [3.05, 3.63) is 93.5 Å². The highest BCUT2D eigenvalue weighted by Gasteiger charge is 2.41. The maximum Gasteiger partial charge on any atom is 0.349 e. The molecule has 0 spiro atoms. The molecular formula is C27H24BrNO8. The van der Waals surface area contributed by atoms with Gasteiger partial charge in [-0.1, -0.05) is 51.3 Å². The molecule has 0 bridgehead atoms. The molecule has 0 aliphatic carbocycles. The van der Waals surface area contributed by atoms with Crippen molar-refractivity contribution >= 4 is 45.4 Å². The number of benzene rings is 3. The molecule has 3 rings (SSSR count). The van der Waals surface area contributed by atoms with Crippen LogP contribution in [0, 0.1) is 13.8 Å². The Morgan fingerprint density at radius 2 is 1.35 bits per heavy atom. The molecule has 0 saturated carbocycles. The molecule has 0 aromatic heterocycles. The first-order valence-electron chi connectivity index (χ1n) is 11.0. The number of rotatable bonds is 9. The zero-order valence-electron chi connectivity index (χ0n) is 20.2. The fourth-order valence-corrected chi connectivity index (χ4v) is 3.75. The average Bonchev–Trinajstić information content (AvgIpc) is 2.85. The van der Waals surface area contributed by atoms with E-state index in [1.807, 2.05) is 0 Å². The van der Waals surface area contributed by atoms with Gasteiger partial charge in [0.2, 0.25) is 12.2 Å². The van der Waals surface area contributed by atoms with E-state index in [0.717, 1.165) is 11.1 Å². The first-order chi connectivity index (χ1) is 17.6. The molecule has 3 aromatic carbocycles.